The van der Waals surface area contributed by atoms with Crippen molar-refractivity contribution in [2.45, 2.75) is 31.0 Å². The number of fused-ring (bicyclic) bond motifs is 1. The number of carbonyl (C=O) groups is 4. The summed E-state index contributed by atoms with van der Waals surface area (Å²) in [6, 6.07) is 12.1. The summed E-state index contributed by atoms with van der Waals surface area (Å²) in [5.74, 6) is -14.2. The lowest BCUT2D eigenvalue weighted by atomic mass is 9.71. The van der Waals surface area contributed by atoms with Crippen molar-refractivity contribution in [2.75, 3.05) is 0 Å². The molecule has 4 aromatic rings. The predicted molar refractivity (Wildman–Crippen MR) is 175 cm³/mol. The molecule has 4 aromatic carbocycles. The molecule has 4 atom stereocenters. The van der Waals surface area contributed by atoms with Crippen molar-refractivity contribution in [3.05, 3.63) is 100 Å². The average molecular weight is 719 g/mol. The number of phenolic OH excluding ortho intramolecular Hbond substituents is 8. The van der Waals surface area contributed by atoms with Crippen LogP contribution >= 0.6 is 0 Å². The molecule has 0 fully saturated rings. The van der Waals surface area contributed by atoms with Crippen LogP contribution in [0.5, 0.6) is 46.0 Å². The summed E-state index contributed by atoms with van der Waals surface area (Å²) in [5, 5.41) is 100. The molecule has 1 aliphatic carbocycles. The minimum Gasteiger partial charge on any atom is -0.504 e. The molecule has 0 radical (unpaired) electrons. The molecule has 5 rings (SSSR count). The Hall–Kier alpha value is -7.10. The maximum Gasteiger partial charge on any atom is 0.345 e. The Bertz CT molecular complexity index is 2120. The Balaban J connectivity index is 1.61. The van der Waals surface area contributed by atoms with Crippen LogP contribution in [-0.4, -0.2) is 87.2 Å². The second-order valence-electron chi connectivity index (χ2n) is 11.8. The molecule has 0 heterocycles. The summed E-state index contributed by atoms with van der Waals surface area (Å²) in [4.78, 5) is 52.7. The quantitative estimate of drug-likeness (QED) is 0.0788. The minimum atomic E-state index is -1.97. The van der Waals surface area contributed by atoms with E-state index in [1.165, 1.54) is 18.2 Å². The van der Waals surface area contributed by atoms with E-state index < -0.39 is 112 Å². The van der Waals surface area contributed by atoms with Crippen LogP contribution in [0.25, 0.3) is 6.08 Å². The molecule has 0 amide bonds. The van der Waals surface area contributed by atoms with Gasteiger partial charge >= 0.3 is 23.9 Å². The van der Waals surface area contributed by atoms with Gasteiger partial charge in [-0.15, -0.1) is 0 Å². The zero-order valence-corrected chi connectivity index (χ0v) is 26.6. The number of aromatic hydroxyl groups is 8. The standard InChI is InChI=1S/C36H30O16/c37-21-4-1-15(7-24(21)40)9-29(33(45)46)51-35(49)20-11-18-13-27(43)28(44)14-19(18)31(17-3-6-23(39)26(42)12-17)32(20)36(50)52-30(34(47)48)10-16-2-5-22(38)25(41)8-16/h1-8,11-14,29-32,37-44H,9-10H2,(H,45,46)(H,47,48)/t29-,30-,31-,32+/m1/s1. The predicted octanol–water partition coefficient (Wildman–Crippen LogP) is 2.95. The molecule has 0 unspecified atom stereocenters. The number of benzene rings is 4. The molecule has 270 valence electrons. The number of carboxylic acids is 2. The zero-order chi connectivity index (χ0) is 38.0. The molecular weight excluding hydrogens is 688 g/mol. The van der Waals surface area contributed by atoms with E-state index in [4.69, 9.17) is 9.47 Å². The first-order valence-corrected chi connectivity index (χ1v) is 15.2. The lowest BCUT2D eigenvalue weighted by Gasteiger charge is -2.33. The summed E-state index contributed by atoms with van der Waals surface area (Å²) in [6.07, 6.45) is -3.95. The highest BCUT2D eigenvalue weighted by molar-refractivity contribution is 6.03. The van der Waals surface area contributed by atoms with Crippen LogP contribution in [0.2, 0.25) is 0 Å². The van der Waals surface area contributed by atoms with Crippen LogP contribution < -0.4 is 0 Å². The number of ether oxygens (including phenoxy) is 2. The molecule has 0 spiro atoms. The van der Waals surface area contributed by atoms with E-state index >= 15 is 0 Å². The zero-order valence-electron chi connectivity index (χ0n) is 26.6. The Morgan fingerprint density at radius 3 is 1.52 bits per heavy atom. The first kappa shape index (κ1) is 36.2. The van der Waals surface area contributed by atoms with Crippen molar-refractivity contribution in [3.63, 3.8) is 0 Å². The third kappa shape index (κ3) is 7.55. The fourth-order valence-corrected chi connectivity index (χ4v) is 5.76. The molecule has 10 N–H and O–H groups in total. The molecule has 52 heavy (non-hydrogen) atoms. The summed E-state index contributed by atoms with van der Waals surface area (Å²) < 4.78 is 10.8. The topological polar surface area (TPSA) is 289 Å². The average Bonchev–Trinajstić information content (AvgIpc) is 3.08. The molecular formula is C36H30O16. The van der Waals surface area contributed by atoms with Gasteiger partial charge in [-0.25, -0.2) is 14.4 Å². The van der Waals surface area contributed by atoms with Crippen molar-refractivity contribution in [1.82, 2.24) is 0 Å². The minimum absolute atomic E-state index is 0.00618. The lowest BCUT2D eigenvalue weighted by molar-refractivity contribution is -0.168. The SMILES string of the molecule is O=C(O[C@H](Cc1ccc(O)c(O)c1)C(=O)O)C1=Cc2cc(O)c(O)cc2[C@@H](c2ccc(O)c(O)c2)[C@H]1C(=O)O[C@H](Cc1ccc(O)c(O)c1)C(=O)O. The van der Waals surface area contributed by atoms with Crippen LogP contribution in [-0.2, 0) is 41.5 Å². The molecule has 0 saturated carbocycles. The Kier molecular flexibility index (Phi) is 10.0. The highest BCUT2D eigenvalue weighted by Crippen LogP contribution is 2.48. The molecule has 0 aromatic heterocycles. The summed E-state index contributed by atoms with van der Waals surface area (Å²) in [5.41, 5.74) is -0.309. The molecule has 1 aliphatic rings. The molecule has 16 nitrogen and oxygen atoms in total. The highest BCUT2D eigenvalue weighted by atomic mass is 16.6. The van der Waals surface area contributed by atoms with E-state index in [2.05, 4.69) is 0 Å². The van der Waals surface area contributed by atoms with Gasteiger partial charge in [-0.05, 0) is 82.4 Å². The largest absolute Gasteiger partial charge is 0.504 e. The van der Waals surface area contributed by atoms with Gasteiger partial charge in [-0.1, -0.05) is 18.2 Å². The van der Waals surface area contributed by atoms with Gasteiger partial charge in [-0.2, -0.15) is 0 Å². The smallest absolute Gasteiger partial charge is 0.345 e. The third-order valence-corrected chi connectivity index (χ3v) is 8.32. The summed E-state index contributed by atoms with van der Waals surface area (Å²) in [7, 11) is 0. The van der Waals surface area contributed by atoms with E-state index in [1.54, 1.807) is 0 Å². The first-order valence-electron chi connectivity index (χ1n) is 15.2. The fraction of sp³-hybridized carbons (Fsp3) is 0.167. The first-order chi connectivity index (χ1) is 24.5. The number of carbonyl (C=O) groups excluding carboxylic acids is 2. The number of phenols is 8. The normalized spacial score (nSPS) is 16.1. The van der Waals surface area contributed by atoms with E-state index in [1.807, 2.05) is 0 Å². The second-order valence-corrected chi connectivity index (χ2v) is 11.8. The maximum absolute atomic E-state index is 14.2. The van der Waals surface area contributed by atoms with Gasteiger partial charge in [0, 0.05) is 18.8 Å². The Morgan fingerprint density at radius 1 is 0.558 bits per heavy atom. The fourth-order valence-electron chi connectivity index (χ4n) is 5.76. The second kappa shape index (κ2) is 14.4. The van der Waals surface area contributed by atoms with E-state index in [-0.39, 0.29) is 27.8 Å². The monoisotopic (exact) mass is 718 g/mol. The van der Waals surface area contributed by atoms with Crippen LogP contribution in [0.1, 0.15) is 33.7 Å². The van der Waals surface area contributed by atoms with Crippen LogP contribution in [0.15, 0.2) is 72.3 Å². The highest BCUT2D eigenvalue weighted by Gasteiger charge is 2.45. The van der Waals surface area contributed by atoms with Crippen molar-refractivity contribution in [1.29, 1.82) is 0 Å². The number of rotatable bonds is 11. The molecule has 0 saturated heterocycles. The number of esters is 2. The number of hydrogen-bond donors (Lipinski definition) is 10. The van der Waals surface area contributed by atoms with Gasteiger partial charge in [-0.3, -0.25) is 4.79 Å². The van der Waals surface area contributed by atoms with Crippen molar-refractivity contribution in [2.24, 2.45) is 5.92 Å². The Labute approximate surface area is 292 Å². The van der Waals surface area contributed by atoms with Crippen LogP contribution in [0, 0.1) is 5.92 Å². The van der Waals surface area contributed by atoms with Crippen molar-refractivity contribution in [3.8, 4) is 46.0 Å². The maximum atomic E-state index is 14.2. The van der Waals surface area contributed by atoms with Gasteiger partial charge in [0.05, 0.1) is 11.5 Å². The van der Waals surface area contributed by atoms with Gasteiger partial charge in [0.1, 0.15) is 0 Å². The summed E-state index contributed by atoms with van der Waals surface area (Å²) in [6.45, 7) is 0. The molecule has 0 bridgehead atoms. The molecule has 16 heteroatoms. The van der Waals surface area contributed by atoms with Gasteiger partial charge in [0.2, 0.25) is 12.2 Å². The van der Waals surface area contributed by atoms with Gasteiger partial charge in [0.15, 0.2) is 46.0 Å². The van der Waals surface area contributed by atoms with Crippen molar-refractivity contribution >= 4 is 30.0 Å². The van der Waals surface area contributed by atoms with Crippen LogP contribution in [0.3, 0.4) is 0 Å². The number of hydrogen-bond acceptors (Lipinski definition) is 14. The number of aliphatic carboxylic acids is 2. The van der Waals surface area contributed by atoms with E-state index in [0.29, 0.717) is 0 Å². The third-order valence-electron chi connectivity index (χ3n) is 8.32. The molecule has 0 aliphatic heterocycles. The lowest BCUT2D eigenvalue weighted by Crippen LogP contribution is -2.39. The summed E-state index contributed by atoms with van der Waals surface area (Å²) >= 11 is 0. The van der Waals surface area contributed by atoms with Crippen LogP contribution in [0.4, 0.5) is 0 Å². The van der Waals surface area contributed by atoms with E-state index in [0.717, 1.165) is 54.6 Å². The Morgan fingerprint density at radius 2 is 1.02 bits per heavy atom. The number of carboxylic acid groups (broad SMARTS) is 2. The van der Waals surface area contributed by atoms with Crippen molar-refractivity contribution < 1.29 is 79.7 Å². The van der Waals surface area contributed by atoms with E-state index in [9.17, 15) is 70.2 Å². The van der Waals surface area contributed by atoms with Gasteiger partial charge in [0.25, 0.3) is 0 Å². The van der Waals surface area contributed by atoms with Gasteiger partial charge < -0.3 is 60.5 Å².